The van der Waals surface area contributed by atoms with Gasteiger partial charge in [0.1, 0.15) is 17.9 Å². The molecule has 0 radical (unpaired) electrons. The summed E-state index contributed by atoms with van der Waals surface area (Å²) in [5, 5.41) is 7.62. The minimum atomic E-state index is -2.76. The average molecular weight is 697 g/mol. The second-order valence-corrected chi connectivity index (χ2v) is 14.8. The fraction of sp³-hybridized carbons (Fsp3) is 0.394. The summed E-state index contributed by atoms with van der Waals surface area (Å²) in [6, 6.07) is 11.3. The maximum atomic E-state index is 14.9. The normalized spacial score (nSPS) is 19.4. The van der Waals surface area contributed by atoms with E-state index in [0.717, 1.165) is 12.8 Å². The predicted molar refractivity (Wildman–Crippen MR) is 178 cm³/mol. The van der Waals surface area contributed by atoms with Gasteiger partial charge in [-0.1, -0.05) is 62.7 Å². The van der Waals surface area contributed by atoms with Gasteiger partial charge in [0.15, 0.2) is 11.5 Å². The van der Waals surface area contributed by atoms with Crippen LogP contribution in [0.25, 0.3) is 21.7 Å². The summed E-state index contributed by atoms with van der Waals surface area (Å²) in [5.74, 6) is -0.439. The number of guanidine groups is 1. The van der Waals surface area contributed by atoms with Crippen LogP contribution in [0.2, 0.25) is 5.02 Å². The number of halogens is 3. The third-order valence-electron chi connectivity index (χ3n) is 8.46. The number of rotatable bonds is 10. The first-order chi connectivity index (χ1) is 22.7. The number of hydrogen-bond acceptors (Lipinski definition) is 9. The molecular formula is C33H35ClF2N8O3S. The Morgan fingerprint density at radius 3 is 2.50 bits per heavy atom. The lowest BCUT2D eigenvalue weighted by Gasteiger charge is -2.35. The molecule has 0 bridgehead atoms. The Morgan fingerprint density at radius 2 is 1.90 bits per heavy atom. The summed E-state index contributed by atoms with van der Waals surface area (Å²) in [6.07, 6.45) is 5.43. The Morgan fingerprint density at radius 1 is 1.17 bits per heavy atom. The van der Waals surface area contributed by atoms with Gasteiger partial charge >= 0.3 is 12.6 Å². The van der Waals surface area contributed by atoms with Gasteiger partial charge in [0.25, 0.3) is 5.91 Å². The molecule has 2 atom stereocenters. The van der Waals surface area contributed by atoms with Crippen molar-refractivity contribution in [1.29, 1.82) is 0 Å². The molecule has 0 spiro atoms. The number of hydrogen-bond donors (Lipinski definition) is 2. The molecule has 3 N–H and O–H groups in total. The quantitative estimate of drug-likeness (QED) is 0.183. The average Bonchev–Trinajstić information content (AvgIpc) is 3.42. The van der Waals surface area contributed by atoms with E-state index in [2.05, 4.69) is 19.8 Å². The number of ether oxygens (including phenoxy) is 1. The zero-order valence-corrected chi connectivity index (χ0v) is 28.4. The number of aromatic nitrogens is 4. The molecule has 48 heavy (non-hydrogen) atoms. The van der Waals surface area contributed by atoms with E-state index >= 15 is 0 Å². The zero-order chi connectivity index (χ0) is 34.4. The molecule has 0 unspecified atom stereocenters. The summed E-state index contributed by atoms with van der Waals surface area (Å²) >= 11 is 7.73. The number of benzene rings is 2. The number of alkyl halides is 2. The van der Waals surface area contributed by atoms with Crippen molar-refractivity contribution in [2.24, 2.45) is 16.1 Å². The van der Waals surface area contributed by atoms with Gasteiger partial charge in [-0.05, 0) is 72.0 Å². The van der Waals surface area contributed by atoms with Crippen LogP contribution in [0.4, 0.5) is 13.6 Å². The number of nitrogens with zero attached hydrogens (tertiary/aromatic N) is 6. The molecule has 2 aliphatic rings. The second-order valence-electron chi connectivity index (χ2n) is 13.6. The fourth-order valence-electron chi connectivity index (χ4n) is 5.88. The van der Waals surface area contributed by atoms with Crippen LogP contribution < -0.4 is 11.1 Å². The molecule has 2 aromatic heterocycles. The molecule has 1 fully saturated rings. The first-order valence-electron chi connectivity index (χ1n) is 15.3. The van der Waals surface area contributed by atoms with Crippen LogP contribution in [0.5, 0.6) is 0 Å². The number of aliphatic imine (C=N–C) groups is 1. The Labute approximate surface area is 285 Å². The van der Waals surface area contributed by atoms with E-state index < -0.39 is 30.1 Å². The van der Waals surface area contributed by atoms with Crippen LogP contribution >= 0.6 is 23.1 Å². The van der Waals surface area contributed by atoms with Gasteiger partial charge in [-0.2, -0.15) is 18.3 Å². The molecule has 11 nitrogen and oxygen atoms in total. The van der Waals surface area contributed by atoms with Crippen molar-refractivity contribution in [3.8, 4) is 21.7 Å². The van der Waals surface area contributed by atoms with Crippen molar-refractivity contribution < 1.29 is 23.1 Å². The number of carbonyl (C=O) groups is 2. The molecule has 1 saturated carbocycles. The van der Waals surface area contributed by atoms with Crippen molar-refractivity contribution in [2.75, 3.05) is 6.61 Å². The van der Waals surface area contributed by atoms with Crippen molar-refractivity contribution in [3.63, 3.8) is 0 Å². The largest absolute Gasteiger partial charge is 0.447 e. The van der Waals surface area contributed by atoms with Crippen LogP contribution in [0.1, 0.15) is 70.7 Å². The van der Waals surface area contributed by atoms with Gasteiger partial charge in [0.05, 0.1) is 17.3 Å². The molecule has 0 saturated heterocycles. The Hall–Kier alpha value is -4.43. The van der Waals surface area contributed by atoms with Gasteiger partial charge in [-0.25, -0.2) is 19.5 Å². The molecule has 1 aliphatic carbocycles. The minimum absolute atomic E-state index is 0.0397. The van der Waals surface area contributed by atoms with Crippen LogP contribution in [-0.2, 0) is 15.1 Å². The Balaban J connectivity index is 1.38. The van der Waals surface area contributed by atoms with Crippen LogP contribution in [0, 0.1) is 5.41 Å². The Kier molecular flexibility index (Phi) is 8.75. The third kappa shape index (κ3) is 6.76. The van der Waals surface area contributed by atoms with Gasteiger partial charge in [0, 0.05) is 22.9 Å². The zero-order valence-electron chi connectivity index (χ0n) is 26.8. The van der Waals surface area contributed by atoms with Gasteiger partial charge in [-0.3, -0.25) is 9.69 Å². The smallest absolute Gasteiger partial charge is 0.407 e. The number of nitrogens with two attached hydrogens (primary N) is 1. The van der Waals surface area contributed by atoms with Crippen LogP contribution in [0.3, 0.4) is 0 Å². The lowest BCUT2D eigenvalue weighted by molar-refractivity contribution is -0.135. The van der Waals surface area contributed by atoms with E-state index in [-0.39, 0.29) is 23.5 Å². The van der Waals surface area contributed by atoms with Crippen molar-refractivity contribution >= 4 is 41.1 Å². The minimum Gasteiger partial charge on any atom is -0.447 e. The second kappa shape index (κ2) is 12.5. The van der Waals surface area contributed by atoms with E-state index in [4.69, 9.17) is 27.1 Å². The molecule has 3 heterocycles. The van der Waals surface area contributed by atoms with Gasteiger partial charge in [0.2, 0.25) is 0 Å². The molecule has 2 aromatic carbocycles. The highest BCUT2D eigenvalue weighted by Crippen LogP contribution is 2.46. The lowest BCUT2D eigenvalue weighted by Crippen LogP contribution is -2.48. The first-order valence-corrected chi connectivity index (χ1v) is 16.5. The summed E-state index contributed by atoms with van der Waals surface area (Å²) in [6.45, 7) is 4.95. The van der Waals surface area contributed by atoms with Crippen LogP contribution in [0.15, 0.2) is 66.2 Å². The number of amides is 2. The van der Waals surface area contributed by atoms with E-state index in [1.165, 1.54) is 35.2 Å². The molecular weight excluding hydrogens is 662 g/mol. The summed E-state index contributed by atoms with van der Waals surface area (Å²) in [4.78, 5) is 38.2. The lowest BCUT2D eigenvalue weighted by atomic mass is 9.75. The highest BCUT2D eigenvalue weighted by molar-refractivity contribution is 7.09. The predicted octanol–water partition coefficient (Wildman–Crippen LogP) is 6.93. The van der Waals surface area contributed by atoms with Crippen molar-refractivity contribution in [3.05, 3.63) is 77.3 Å². The highest BCUT2D eigenvalue weighted by atomic mass is 35.5. The third-order valence-corrected chi connectivity index (χ3v) is 9.49. The molecule has 1 aliphatic heterocycles. The number of carbonyl (C=O) groups excluding carboxylic acids is 2. The van der Waals surface area contributed by atoms with Crippen LogP contribution in [-0.4, -0.2) is 54.1 Å². The van der Waals surface area contributed by atoms with Crippen molar-refractivity contribution in [1.82, 2.24) is 29.4 Å². The number of alkyl carbamates (subject to hydrolysis) is 1. The molecule has 15 heteroatoms. The summed E-state index contributed by atoms with van der Waals surface area (Å²) in [5.41, 5.74) is 7.43. The number of nitrogens with one attached hydrogen (secondary N) is 1. The maximum absolute atomic E-state index is 14.9. The highest BCUT2D eigenvalue weighted by Gasteiger charge is 2.53. The topological polar surface area (TPSA) is 141 Å². The van der Waals surface area contributed by atoms with Gasteiger partial charge < -0.3 is 15.8 Å². The van der Waals surface area contributed by atoms with Crippen molar-refractivity contribution in [2.45, 2.75) is 70.6 Å². The van der Waals surface area contributed by atoms with E-state index in [9.17, 15) is 18.4 Å². The summed E-state index contributed by atoms with van der Waals surface area (Å²) in [7, 11) is 0. The van der Waals surface area contributed by atoms with E-state index in [1.807, 2.05) is 27.7 Å². The van der Waals surface area contributed by atoms with Gasteiger partial charge in [-0.15, -0.1) is 0 Å². The Bertz CT molecular complexity index is 1850. The molecule has 4 aromatic rings. The molecule has 2 amide bonds. The monoisotopic (exact) mass is 696 g/mol. The van der Waals surface area contributed by atoms with E-state index in [0.29, 0.717) is 49.0 Å². The van der Waals surface area contributed by atoms with E-state index in [1.54, 1.807) is 42.5 Å². The first kappa shape index (κ1) is 33.5. The summed E-state index contributed by atoms with van der Waals surface area (Å²) < 4.78 is 36.7. The molecule has 252 valence electrons. The fourth-order valence-corrected chi connectivity index (χ4v) is 6.70. The molecule has 6 rings (SSSR count). The maximum Gasteiger partial charge on any atom is 0.407 e. The SMILES string of the molecule is CC(C)(C)C[C@]1(c2ccc(-c3cnn(C(F)F)c3)cc2)N=C(N)N([C@H](COC(=O)NC2(C)CC2)c2ccc(Cl)c(-c3ncns3)c2)C1=O. The standard InChI is InChI=1S/C33H35ClF2N8O3S/c1-31(2,3)17-33(22-8-5-19(6-9-22)21-14-39-43(15-21)28(35)36)27(45)44(29(37)41-33)25(16-47-30(46)42-32(4)11-12-32)20-7-10-24(34)23(13-20)26-38-18-40-48-26/h5-10,13-15,18,25,28H,11-12,16-17H2,1-4H3,(H2,37,41)(H,42,46)/t25-,33-/m1/s1.